The molecule has 1 saturated heterocycles. The van der Waals surface area contributed by atoms with Crippen LogP contribution >= 0.6 is 8.29 Å². The Hall–Kier alpha value is -1.95. The number of rotatable bonds is 3. The molecule has 0 aromatic heterocycles. The second-order valence-electron chi connectivity index (χ2n) is 8.09. The van der Waals surface area contributed by atoms with Crippen LogP contribution in [0.4, 0.5) is 0 Å². The molecule has 0 unspecified atom stereocenters. The van der Waals surface area contributed by atoms with Crippen LogP contribution in [0.25, 0.3) is 0 Å². The van der Waals surface area contributed by atoms with Gasteiger partial charge in [-0.1, -0.05) is 17.7 Å². The van der Waals surface area contributed by atoms with Crippen LogP contribution in [0, 0.1) is 6.92 Å². The summed E-state index contributed by atoms with van der Waals surface area (Å²) in [5.41, 5.74) is -1.44. The second-order valence-corrected chi connectivity index (χ2v) is 14.5. The lowest BCUT2D eigenvalue weighted by Crippen LogP contribution is -2.73. The highest BCUT2D eigenvalue weighted by Gasteiger charge is 2.85. The van der Waals surface area contributed by atoms with Crippen molar-refractivity contribution in [1.29, 1.82) is 0 Å². The van der Waals surface area contributed by atoms with Crippen molar-refractivity contribution in [2.45, 2.75) is 69.4 Å². The second kappa shape index (κ2) is 7.58. The molecule has 1 aromatic rings. The van der Waals surface area contributed by atoms with Crippen LogP contribution < -0.4 is 0 Å². The van der Waals surface area contributed by atoms with Crippen molar-refractivity contribution < 1.29 is 44.3 Å². The Morgan fingerprint density at radius 1 is 0.806 bits per heavy atom. The Labute approximate surface area is 179 Å². The van der Waals surface area contributed by atoms with Gasteiger partial charge >= 0.3 is 0 Å². The summed E-state index contributed by atoms with van der Waals surface area (Å²) < 4.78 is 5.69. The van der Waals surface area contributed by atoms with Crippen LogP contribution in [-0.2, 0) is 23.9 Å². The topological polar surface area (TPSA) is 158 Å². The molecular formula is C21H30O9S. The summed E-state index contributed by atoms with van der Waals surface area (Å²) in [6.07, 6.45) is -7.53. The maximum absolute atomic E-state index is 13.7. The third kappa shape index (κ3) is 2.35. The van der Waals surface area contributed by atoms with E-state index in [0.717, 1.165) is 27.7 Å². The SMILES string of the molecule is CC(=O)S(C(C)=O)(C(C)=O)(C(C)=O)(c1ccc(C)cc1)[C@@H]1O[C@H](CO)[C@H](O)[C@H](O)[C@H]1O. The molecule has 31 heavy (non-hydrogen) atoms. The fraction of sp³-hybridized carbons (Fsp3) is 0.524. The highest BCUT2D eigenvalue weighted by Crippen LogP contribution is 2.98. The van der Waals surface area contributed by atoms with E-state index >= 15 is 0 Å². The Morgan fingerprint density at radius 2 is 1.23 bits per heavy atom. The molecule has 0 bridgehead atoms. The number of benzene rings is 1. The fourth-order valence-corrected chi connectivity index (χ4v) is 12.6. The average Bonchev–Trinajstić information content (AvgIpc) is 2.69. The Bertz CT molecular complexity index is 879. The third-order valence-corrected chi connectivity index (χ3v) is 16.0. The molecule has 5 atom stereocenters. The normalized spacial score (nSPS) is 28.9. The number of carbonyl (C=O) groups is 4. The molecule has 0 amide bonds. The first kappa shape index (κ1) is 25.3. The number of ether oxygens (including phenoxy) is 1. The molecule has 1 aliphatic rings. The number of aryl methyl sites for hydroxylation is 1. The molecule has 1 fully saturated rings. The first-order chi connectivity index (χ1) is 14.2. The van der Waals surface area contributed by atoms with E-state index in [1.165, 1.54) is 24.3 Å². The minimum Gasteiger partial charge on any atom is -0.394 e. The number of aliphatic hydroxyl groups is 4. The molecule has 0 aliphatic carbocycles. The van der Waals surface area contributed by atoms with E-state index in [9.17, 15) is 39.6 Å². The number of aliphatic hydroxyl groups excluding tert-OH is 4. The maximum atomic E-state index is 13.7. The summed E-state index contributed by atoms with van der Waals surface area (Å²) in [4.78, 5) is 54.7. The summed E-state index contributed by atoms with van der Waals surface area (Å²) >= 11 is 0. The van der Waals surface area contributed by atoms with Crippen LogP contribution in [0.5, 0.6) is 0 Å². The lowest BCUT2D eigenvalue weighted by molar-refractivity contribution is -0.208. The molecule has 0 radical (unpaired) electrons. The summed E-state index contributed by atoms with van der Waals surface area (Å²) in [5, 5.41) is 36.9. The van der Waals surface area contributed by atoms with Gasteiger partial charge in [-0.25, -0.2) is 0 Å². The smallest absolute Gasteiger partial charge is 0.179 e. The summed E-state index contributed by atoms with van der Waals surface area (Å²) in [6.45, 7) is 4.55. The molecule has 1 aromatic carbocycles. The van der Waals surface area contributed by atoms with E-state index in [1.807, 2.05) is 0 Å². The minimum absolute atomic E-state index is 0.227. The van der Waals surface area contributed by atoms with Gasteiger partial charge in [0.25, 0.3) is 0 Å². The Morgan fingerprint density at radius 3 is 1.58 bits per heavy atom. The lowest BCUT2D eigenvalue weighted by atomic mass is 10.0. The molecule has 4 N–H and O–H groups in total. The molecule has 0 spiro atoms. The molecule has 9 nitrogen and oxygen atoms in total. The average molecular weight is 459 g/mol. The first-order valence-electron chi connectivity index (χ1n) is 9.70. The zero-order valence-electron chi connectivity index (χ0n) is 18.1. The van der Waals surface area contributed by atoms with Crippen molar-refractivity contribution >= 4 is 28.8 Å². The lowest BCUT2D eigenvalue weighted by Gasteiger charge is -2.75. The molecular weight excluding hydrogens is 428 g/mol. The Balaban J connectivity index is 3.30. The quantitative estimate of drug-likeness (QED) is 0.497. The van der Waals surface area contributed by atoms with E-state index in [1.54, 1.807) is 6.92 Å². The number of hydrogen-bond acceptors (Lipinski definition) is 9. The van der Waals surface area contributed by atoms with E-state index in [4.69, 9.17) is 4.74 Å². The predicted molar refractivity (Wildman–Crippen MR) is 114 cm³/mol. The van der Waals surface area contributed by atoms with Gasteiger partial charge in [0.1, 0.15) is 29.9 Å². The third-order valence-electron chi connectivity index (χ3n) is 7.02. The van der Waals surface area contributed by atoms with Crippen LogP contribution in [-0.4, -0.2) is 77.3 Å². The van der Waals surface area contributed by atoms with Gasteiger partial charge in [0.15, 0.2) is 20.5 Å². The van der Waals surface area contributed by atoms with Crippen molar-refractivity contribution in [2.75, 3.05) is 6.61 Å². The minimum atomic E-state index is -6.32. The van der Waals surface area contributed by atoms with Gasteiger partial charge in [-0.2, -0.15) is 0 Å². The number of hydrogen-bond donors (Lipinski definition) is 4. The molecule has 174 valence electrons. The zero-order chi connectivity index (χ0) is 24.0. The van der Waals surface area contributed by atoms with Gasteiger partial charge in [0, 0.05) is 32.6 Å². The summed E-state index contributed by atoms with van der Waals surface area (Å²) in [5.74, 6) is 0. The van der Waals surface area contributed by atoms with Crippen LogP contribution in [0.15, 0.2) is 29.2 Å². The standard InChI is InChI=1S/C21H30O9S/c1-11-6-8-16(9-7-11)31(12(2)23,13(3)24,14(4)25,15(5)26)21-20(29)19(28)18(27)17(10-22)30-21/h6-9,17-22,27-29H,10H2,1-5H3/t17-,18+,19+,20-,21+/m1/s1. The first-order valence-corrected chi connectivity index (χ1v) is 12.2. The molecule has 1 aliphatic heterocycles. The fourth-order valence-electron chi connectivity index (χ4n) is 5.11. The van der Waals surface area contributed by atoms with Crippen molar-refractivity contribution in [1.82, 2.24) is 0 Å². The van der Waals surface area contributed by atoms with Gasteiger partial charge in [-0.3, -0.25) is 19.2 Å². The van der Waals surface area contributed by atoms with Crippen molar-refractivity contribution in [3.63, 3.8) is 0 Å². The van der Waals surface area contributed by atoms with Crippen molar-refractivity contribution in [3.8, 4) is 0 Å². The van der Waals surface area contributed by atoms with Crippen molar-refractivity contribution in [3.05, 3.63) is 29.8 Å². The van der Waals surface area contributed by atoms with Crippen LogP contribution in [0.1, 0.15) is 33.3 Å². The highest BCUT2D eigenvalue weighted by atomic mass is 32.4. The van der Waals surface area contributed by atoms with E-state index < -0.39 is 65.2 Å². The van der Waals surface area contributed by atoms with Gasteiger partial charge < -0.3 is 25.2 Å². The molecule has 2 rings (SSSR count). The van der Waals surface area contributed by atoms with Gasteiger partial charge in [0.2, 0.25) is 0 Å². The summed E-state index contributed by atoms with van der Waals surface area (Å²) in [7, 11) is -6.32. The summed E-state index contributed by atoms with van der Waals surface area (Å²) in [6, 6.07) is 5.64. The Kier molecular flexibility index (Phi) is 6.19. The van der Waals surface area contributed by atoms with Gasteiger partial charge in [0.05, 0.1) is 6.61 Å². The highest BCUT2D eigenvalue weighted by molar-refractivity contribution is 8.99. The van der Waals surface area contributed by atoms with E-state index in [2.05, 4.69) is 0 Å². The number of carbonyl (C=O) groups excluding carboxylic acids is 4. The predicted octanol–water partition coefficient (Wildman–Crippen LogP) is 0.216. The van der Waals surface area contributed by atoms with Crippen molar-refractivity contribution in [2.24, 2.45) is 0 Å². The molecule has 10 heteroatoms. The largest absolute Gasteiger partial charge is 0.394 e. The van der Waals surface area contributed by atoms with Gasteiger partial charge in [-0.15, -0.1) is 0 Å². The monoisotopic (exact) mass is 458 g/mol. The zero-order valence-corrected chi connectivity index (χ0v) is 19.0. The van der Waals surface area contributed by atoms with E-state index in [0.29, 0.717) is 5.56 Å². The van der Waals surface area contributed by atoms with E-state index in [-0.39, 0.29) is 4.90 Å². The molecule has 0 saturated carbocycles. The van der Waals surface area contributed by atoms with Gasteiger partial charge in [-0.05, 0) is 27.4 Å². The van der Waals surface area contributed by atoms with Crippen LogP contribution in [0.3, 0.4) is 0 Å². The van der Waals surface area contributed by atoms with Crippen LogP contribution in [0.2, 0.25) is 0 Å². The maximum Gasteiger partial charge on any atom is 0.179 e. The molecule has 1 heterocycles.